The third-order valence-corrected chi connectivity index (χ3v) is 6.56. The summed E-state index contributed by atoms with van der Waals surface area (Å²) in [4.78, 5) is 26.0. The molecule has 1 saturated heterocycles. The Kier molecular flexibility index (Phi) is 6.45. The Morgan fingerprint density at radius 1 is 1.19 bits per heavy atom. The third kappa shape index (κ3) is 4.68. The molecule has 0 N–H and O–H groups in total. The number of fused-ring (bicyclic) bond motifs is 1. The molecule has 0 bridgehead atoms. The summed E-state index contributed by atoms with van der Waals surface area (Å²) in [6.07, 6.45) is 2.21. The van der Waals surface area contributed by atoms with E-state index in [0.717, 1.165) is 35.6 Å². The van der Waals surface area contributed by atoms with Crippen molar-refractivity contribution >= 4 is 35.0 Å². The molecule has 164 valence electrons. The Morgan fingerprint density at radius 2 is 1.94 bits per heavy atom. The van der Waals surface area contributed by atoms with Crippen molar-refractivity contribution in [3.8, 4) is 0 Å². The lowest BCUT2D eigenvalue weighted by Crippen LogP contribution is -2.48. The number of piperazine rings is 1. The molecule has 1 amide bonds. The molecule has 0 saturated carbocycles. The second-order valence-electron chi connectivity index (χ2n) is 7.64. The highest BCUT2D eigenvalue weighted by molar-refractivity contribution is 7.98. The van der Waals surface area contributed by atoms with E-state index in [1.165, 1.54) is 23.9 Å². The molecule has 2 aromatic heterocycles. The van der Waals surface area contributed by atoms with Crippen LogP contribution >= 0.6 is 23.4 Å². The van der Waals surface area contributed by atoms with Crippen LogP contribution < -0.4 is 0 Å². The first-order valence-electron chi connectivity index (χ1n) is 10.1. The van der Waals surface area contributed by atoms with Gasteiger partial charge in [0.25, 0.3) is 5.78 Å². The number of halogens is 2. The number of aryl methyl sites for hydroxylation is 2. The molecule has 0 unspecified atom stereocenters. The molecule has 10 heteroatoms. The fourth-order valence-corrected chi connectivity index (χ4v) is 4.40. The van der Waals surface area contributed by atoms with Crippen LogP contribution in [0.3, 0.4) is 0 Å². The monoisotopic (exact) mass is 462 g/mol. The second-order valence-corrected chi connectivity index (χ2v) is 8.82. The molecule has 0 spiro atoms. The van der Waals surface area contributed by atoms with Crippen molar-refractivity contribution in [1.82, 2.24) is 29.4 Å². The molecular weight excluding hydrogens is 439 g/mol. The Hall–Kier alpha value is -2.23. The molecule has 1 aliphatic heterocycles. The van der Waals surface area contributed by atoms with Gasteiger partial charge >= 0.3 is 0 Å². The van der Waals surface area contributed by atoms with Gasteiger partial charge in [-0.05, 0) is 37.8 Å². The van der Waals surface area contributed by atoms with Crippen LogP contribution in [0.5, 0.6) is 0 Å². The number of nitrogens with zero attached hydrogens (tertiary/aromatic N) is 6. The normalized spacial score (nSPS) is 15.1. The van der Waals surface area contributed by atoms with E-state index in [0.29, 0.717) is 42.0 Å². The van der Waals surface area contributed by atoms with Crippen molar-refractivity contribution in [3.05, 3.63) is 51.6 Å². The topological polar surface area (TPSA) is 66.6 Å². The van der Waals surface area contributed by atoms with Crippen molar-refractivity contribution in [2.45, 2.75) is 32.0 Å². The van der Waals surface area contributed by atoms with Crippen LogP contribution in [0.25, 0.3) is 5.78 Å². The number of amides is 1. The highest BCUT2D eigenvalue weighted by Gasteiger charge is 2.24. The summed E-state index contributed by atoms with van der Waals surface area (Å²) in [6, 6.07) is 4.48. The Balaban J connectivity index is 1.40. The molecule has 3 aromatic rings. The zero-order valence-corrected chi connectivity index (χ0v) is 19.3. The lowest BCUT2D eigenvalue weighted by molar-refractivity contribution is -0.132. The molecule has 4 rings (SSSR count). The van der Waals surface area contributed by atoms with Gasteiger partial charge in [-0.25, -0.2) is 13.9 Å². The molecule has 7 nitrogen and oxygen atoms in total. The van der Waals surface area contributed by atoms with Gasteiger partial charge in [0.05, 0.1) is 6.42 Å². The van der Waals surface area contributed by atoms with E-state index in [1.807, 2.05) is 25.0 Å². The van der Waals surface area contributed by atoms with E-state index < -0.39 is 0 Å². The summed E-state index contributed by atoms with van der Waals surface area (Å²) in [6.45, 7) is 7.28. The summed E-state index contributed by atoms with van der Waals surface area (Å²) in [5.74, 6) is 0.304. The number of benzene rings is 1. The summed E-state index contributed by atoms with van der Waals surface area (Å²) in [7, 11) is 0. The highest BCUT2D eigenvalue weighted by atomic mass is 35.5. The van der Waals surface area contributed by atoms with Gasteiger partial charge in [-0.1, -0.05) is 29.4 Å². The molecule has 1 fully saturated rings. The fourth-order valence-electron chi connectivity index (χ4n) is 3.84. The van der Waals surface area contributed by atoms with Crippen molar-refractivity contribution in [2.75, 3.05) is 32.4 Å². The van der Waals surface area contributed by atoms with Crippen molar-refractivity contribution in [3.63, 3.8) is 0 Å². The molecule has 0 aliphatic carbocycles. The first-order chi connectivity index (χ1) is 14.9. The van der Waals surface area contributed by atoms with Gasteiger partial charge in [-0.3, -0.25) is 9.69 Å². The maximum absolute atomic E-state index is 13.3. The number of thioether (sulfide) groups is 1. The predicted molar refractivity (Wildman–Crippen MR) is 119 cm³/mol. The van der Waals surface area contributed by atoms with E-state index in [2.05, 4.69) is 20.0 Å². The zero-order valence-electron chi connectivity index (χ0n) is 17.7. The summed E-state index contributed by atoms with van der Waals surface area (Å²) in [5, 5.41) is 5.55. The average molecular weight is 463 g/mol. The Bertz CT molecular complexity index is 1130. The smallest absolute Gasteiger partial charge is 0.253 e. The largest absolute Gasteiger partial charge is 0.340 e. The maximum Gasteiger partial charge on any atom is 0.253 e. The van der Waals surface area contributed by atoms with Crippen LogP contribution in [0.2, 0.25) is 5.02 Å². The van der Waals surface area contributed by atoms with Crippen molar-refractivity contribution in [2.24, 2.45) is 0 Å². The minimum atomic E-state index is -0.335. The Morgan fingerprint density at radius 3 is 2.61 bits per heavy atom. The molecule has 31 heavy (non-hydrogen) atoms. The number of aromatic nitrogens is 4. The van der Waals surface area contributed by atoms with E-state index in [-0.39, 0.29) is 11.7 Å². The quantitative estimate of drug-likeness (QED) is 0.543. The van der Waals surface area contributed by atoms with E-state index >= 15 is 0 Å². The zero-order chi connectivity index (χ0) is 22.1. The second kappa shape index (κ2) is 9.10. The van der Waals surface area contributed by atoms with Gasteiger partial charge in [0, 0.05) is 54.7 Å². The minimum absolute atomic E-state index is 0.0806. The van der Waals surface area contributed by atoms with Crippen LogP contribution in [0.1, 0.15) is 22.5 Å². The predicted octanol–water partition coefficient (Wildman–Crippen LogP) is 3.14. The van der Waals surface area contributed by atoms with Gasteiger partial charge in [0.1, 0.15) is 5.82 Å². The molecule has 0 atom stereocenters. The van der Waals surface area contributed by atoms with E-state index in [4.69, 9.17) is 11.6 Å². The Labute approximate surface area is 189 Å². The van der Waals surface area contributed by atoms with Gasteiger partial charge in [0.2, 0.25) is 11.1 Å². The van der Waals surface area contributed by atoms with Gasteiger partial charge < -0.3 is 4.90 Å². The van der Waals surface area contributed by atoms with Gasteiger partial charge in [0.15, 0.2) is 0 Å². The molecule has 1 aliphatic rings. The van der Waals surface area contributed by atoms with Crippen molar-refractivity contribution < 1.29 is 9.18 Å². The summed E-state index contributed by atoms with van der Waals surface area (Å²) < 4.78 is 15.0. The van der Waals surface area contributed by atoms with Crippen LogP contribution in [0.15, 0.2) is 23.4 Å². The molecular formula is C21H24ClFN6OS. The number of hydrogen-bond acceptors (Lipinski definition) is 6. The fraction of sp³-hybridized carbons (Fsp3) is 0.429. The summed E-state index contributed by atoms with van der Waals surface area (Å²) in [5.41, 5.74) is 3.50. The van der Waals surface area contributed by atoms with Gasteiger partial charge in [-0.15, -0.1) is 5.10 Å². The average Bonchev–Trinajstić information content (AvgIpc) is 3.17. The van der Waals surface area contributed by atoms with E-state index in [9.17, 15) is 9.18 Å². The number of hydrogen-bond donors (Lipinski definition) is 0. The number of carbonyl (C=O) groups is 1. The van der Waals surface area contributed by atoms with Crippen LogP contribution in [0, 0.1) is 19.7 Å². The first kappa shape index (κ1) is 22.0. The van der Waals surface area contributed by atoms with E-state index in [1.54, 1.807) is 10.6 Å². The first-order valence-corrected chi connectivity index (χ1v) is 11.7. The third-order valence-electron chi connectivity index (χ3n) is 5.67. The van der Waals surface area contributed by atoms with Crippen LogP contribution in [0.4, 0.5) is 4.39 Å². The lowest BCUT2D eigenvalue weighted by Gasteiger charge is -2.35. The SMILES string of the molecule is CSc1nc2nc(C)c(CC(=O)N3CCN(Cc4ccc(F)cc4Cl)CC3)c(C)n2n1. The lowest BCUT2D eigenvalue weighted by atomic mass is 10.1. The minimum Gasteiger partial charge on any atom is -0.340 e. The standard InChI is InChI=1S/C21H24ClFN6OS/c1-13-17(14(2)29-20(24-13)25-21(26-29)31-3)11-19(30)28-8-6-27(7-9-28)12-15-4-5-16(23)10-18(15)22/h4-5,10H,6-9,11-12H2,1-3H3. The van der Waals surface area contributed by atoms with Gasteiger partial charge in [-0.2, -0.15) is 4.98 Å². The van der Waals surface area contributed by atoms with Crippen molar-refractivity contribution in [1.29, 1.82) is 0 Å². The number of rotatable bonds is 5. The molecule has 0 radical (unpaired) electrons. The highest BCUT2D eigenvalue weighted by Crippen LogP contribution is 2.21. The van der Waals surface area contributed by atoms with Crippen LogP contribution in [-0.2, 0) is 17.8 Å². The number of carbonyl (C=O) groups excluding carboxylic acids is 1. The van der Waals surface area contributed by atoms with Crippen LogP contribution in [-0.4, -0.2) is 67.7 Å². The molecule has 3 heterocycles. The maximum atomic E-state index is 13.3. The summed E-state index contributed by atoms with van der Waals surface area (Å²) >= 11 is 7.61. The molecule has 1 aromatic carbocycles.